The summed E-state index contributed by atoms with van der Waals surface area (Å²) in [5.74, 6) is -0.173. The first-order valence-corrected chi connectivity index (χ1v) is 5.06. The molecule has 1 aliphatic carbocycles. The smallest absolute Gasteiger partial charge is 0.210 e. The SMILES string of the molecule is Cc1cc2c([nH]1)C(=O)c1ccccc1C2=O. The van der Waals surface area contributed by atoms with Gasteiger partial charge in [-0.3, -0.25) is 9.59 Å². The number of aromatic nitrogens is 1. The predicted molar refractivity (Wildman–Crippen MR) is 58.8 cm³/mol. The van der Waals surface area contributed by atoms with Crippen LogP contribution in [0.25, 0.3) is 0 Å². The number of carbonyl (C=O) groups is 2. The predicted octanol–water partition coefficient (Wildman–Crippen LogP) is 2.10. The molecule has 1 aromatic heterocycles. The number of fused-ring (bicyclic) bond motifs is 2. The highest BCUT2D eigenvalue weighted by molar-refractivity contribution is 6.27. The van der Waals surface area contributed by atoms with Gasteiger partial charge in [-0.15, -0.1) is 0 Å². The van der Waals surface area contributed by atoms with Gasteiger partial charge in [-0.05, 0) is 13.0 Å². The van der Waals surface area contributed by atoms with E-state index < -0.39 is 0 Å². The first-order chi connectivity index (χ1) is 7.68. The molecule has 0 fully saturated rings. The van der Waals surface area contributed by atoms with Crippen LogP contribution < -0.4 is 0 Å². The monoisotopic (exact) mass is 211 g/mol. The van der Waals surface area contributed by atoms with Crippen molar-refractivity contribution in [2.45, 2.75) is 6.92 Å². The summed E-state index contributed by atoms with van der Waals surface area (Å²) < 4.78 is 0. The Morgan fingerprint density at radius 2 is 1.56 bits per heavy atom. The summed E-state index contributed by atoms with van der Waals surface area (Å²) in [6, 6.07) is 8.65. The molecule has 16 heavy (non-hydrogen) atoms. The summed E-state index contributed by atoms with van der Waals surface area (Å²) in [6.07, 6.45) is 0. The number of carbonyl (C=O) groups excluding carboxylic acids is 2. The Morgan fingerprint density at radius 3 is 2.25 bits per heavy atom. The fourth-order valence-electron chi connectivity index (χ4n) is 2.11. The summed E-state index contributed by atoms with van der Waals surface area (Å²) in [5, 5.41) is 0. The topological polar surface area (TPSA) is 49.9 Å². The Hall–Kier alpha value is -2.16. The third-order valence-corrected chi connectivity index (χ3v) is 2.84. The van der Waals surface area contributed by atoms with Gasteiger partial charge in [0.1, 0.15) is 0 Å². The van der Waals surface area contributed by atoms with E-state index in [1.165, 1.54) is 0 Å². The van der Waals surface area contributed by atoms with Crippen LogP contribution in [0.15, 0.2) is 30.3 Å². The second-order valence-electron chi connectivity index (χ2n) is 3.94. The first-order valence-electron chi connectivity index (χ1n) is 5.06. The van der Waals surface area contributed by atoms with Crippen LogP contribution in [-0.4, -0.2) is 16.6 Å². The molecule has 1 N–H and O–H groups in total. The van der Waals surface area contributed by atoms with Gasteiger partial charge in [-0.1, -0.05) is 24.3 Å². The average Bonchev–Trinajstić information content (AvgIpc) is 2.68. The van der Waals surface area contributed by atoms with Gasteiger partial charge >= 0.3 is 0 Å². The van der Waals surface area contributed by atoms with Crippen molar-refractivity contribution < 1.29 is 9.59 Å². The zero-order valence-corrected chi connectivity index (χ0v) is 8.70. The standard InChI is InChI=1S/C13H9NO2/c1-7-6-10-11(14-7)13(16)9-5-3-2-4-8(9)12(10)15/h2-6,14H,1H3. The quantitative estimate of drug-likeness (QED) is 0.619. The van der Waals surface area contributed by atoms with E-state index in [0.717, 1.165) is 5.69 Å². The Bertz CT molecular complexity index is 570. The number of aryl methyl sites for hydroxylation is 1. The Kier molecular flexibility index (Phi) is 1.66. The number of H-pyrrole nitrogens is 1. The van der Waals surface area contributed by atoms with Crippen molar-refractivity contribution in [3.63, 3.8) is 0 Å². The molecular weight excluding hydrogens is 202 g/mol. The highest BCUT2D eigenvalue weighted by atomic mass is 16.1. The lowest BCUT2D eigenvalue weighted by Crippen LogP contribution is -2.19. The molecule has 78 valence electrons. The maximum Gasteiger partial charge on any atom is 0.210 e. The lowest BCUT2D eigenvalue weighted by molar-refractivity contribution is 0.0977. The molecule has 1 aromatic carbocycles. The number of rotatable bonds is 0. The second kappa shape index (κ2) is 2.92. The zero-order chi connectivity index (χ0) is 11.3. The van der Waals surface area contributed by atoms with Gasteiger partial charge in [-0.25, -0.2) is 0 Å². The summed E-state index contributed by atoms with van der Waals surface area (Å²) in [7, 11) is 0. The lowest BCUT2D eigenvalue weighted by Gasteiger charge is -2.13. The molecule has 0 bridgehead atoms. The summed E-state index contributed by atoms with van der Waals surface area (Å²) in [4.78, 5) is 27.1. The summed E-state index contributed by atoms with van der Waals surface area (Å²) >= 11 is 0. The van der Waals surface area contributed by atoms with Crippen molar-refractivity contribution in [1.82, 2.24) is 4.98 Å². The van der Waals surface area contributed by atoms with E-state index in [9.17, 15) is 9.59 Å². The molecule has 2 aromatic rings. The molecule has 0 amide bonds. The van der Waals surface area contributed by atoms with Crippen molar-refractivity contribution in [1.29, 1.82) is 0 Å². The summed E-state index contributed by atoms with van der Waals surface area (Å²) in [6.45, 7) is 1.84. The third kappa shape index (κ3) is 1.03. The largest absolute Gasteiger partial charge is 0.355 e. The van der Waals surface area contributed by atoms with Gasteiger partial charge in [0, 0.05) is 16.8 Å². The number of ketones is 2. The van der Waals surface area contributed by atoms with Gasteiger partial charge in [0.25, 0.3) is 0 Å². The first kappa shape index (κ1) is 9.09. The van der Waals surface area contributed by atoms with E-state index >= 15 is 0 Å². The minimum atomic E-state index is -0.0988. The Labute approximate surface area is 92.1 Å². The normalized spacial score (nSPS) is 13.6. The molecule has 1 heterocycles. The second-order valence-corrected chi connectivity index (χ2v) is 3.94. The molecule has 3 heteroatoms. The minimum Gasteiger partial charge on any atom is -0.355 e. The van der Waals surface area contributed by atoms with Crippen molar-refractivity contribution in [3.05, 3.63) is 58.4 Å². The molecule has 3 rings (SSSR count). The molecule has 0 saturated carbocycles. The Balaban J connectivity index is 2.34. The molecule has 0 radical (unpaired) electrons. The maximum atomic E-state index is 12.1. The van der Waals surface area contributed by atoms with Crippen LogP contribution >= 0.6 is 0 Å². The van der Waals surface area contributed by atoms with Crippen LogP contribution in [-0.2, 0) is 0 Å². The van der Waals surface area contributed by atoms with Crippen LogP contribution in [0.3, 0.4) is 0 Å². The van der Waals surface area contributed by atoms with Gasteiger partial charge in [0.05, 0.1) is 11.3 Å². The highest BCUT2D eigenvalue weighted by Gasteiger charge is 2.30. The van der Waals surface area contributed by atoms with Crippen LogP contribution in [0.2, 0.25) is 0 Å². The van der Waals surface area contributed by atoms with Crippen molar-refractivity contribution in [2.24, 2.45) is 0 Å². The van der Waals surface area contributed by atoms with Crippen molar-refractivity contribution in [2.75, 3.05) is 0 Å². The van der Waals surface area contributed by atoms with E-state index in [0.29, 0.717) is 22.4 Å². The summed E-state index contributed by atoms with van der Waals surface area (Å²) in [5.41, 5.74) is 2.72. The van der Waals surface area contributed by atoms with Gasteiger partial charge in [-0.2, -0.15) is 0 Å². The number of aromatic amines is 1. The molecule has 0 atom stereocenters. The number of hydrogen-bond acceptors (Lipinski definition) is 2. The Morgan fingerprint density at radius 1 is 0.938 bits per heavy atom. The number of nitrogens with one attached hydrogen (secondary N) is 1. The highest BCUT2D eigenvalue weighted by Crippen LogP contribution is 2.26. The average molecular weight is 211 g/mol. The van der Waals surface area contributed by atoms with Gasteiger partial charge < -0.3 is 4.98 Å². The van der Waals surface area contributed by atoms with E-state index in [2.05, 4.69) is 4.98 Å². The number of benzene rings is 1. The molecule has 1 aliphatic rings. The van der Waals surface area contributed by atoms with Crippen LogP contribution in [0.5, 0.6) is 0 Å². The van der Waals surface area contributed by atoms with E-state index in [-0.39, 0.29) is 11.6 Å². The van der Waals surface area contributed by atoms with Gasteiger partial charge in [0.15, 0.2) is 5.78 Å². The zero-order valence-electron chi connectivity index (χ0n) is 8.70. The van der Waals surface area contributed by atoms with Crippen molar-refractivity contribution >= 4 is 11.6 Å². The molecule has 0 aliphatic heterocycles. The molecule has 0 spiro atoms. The lowest BCUT2D eigenvalue weighted by atomic mass is 9.88. The minimum absolute atomic E-state index is 0.0745. The van der Waals surface area contributed by atoms with E-state index in [1.807, 2.05) is 6.92 Å². The van der Waals surface area contributed by atoms with Crippen LogP contribution in [0.4, 0.5) is 0 Å². The van der Waals surface area contributed by atoms with Crippen molar-refractivity contribution in [3.8, 4) is 0 Å². The van der Waals surface area contributed by atoms with E-state index in [1.54, 1.807) is 30.3 Å². The van der Waals surface area contributed by atoms with Crippen LogP contribution in [0.1, 0.15) is 37.7 Å². The van der Waals surface area contributed by atoms with E-state index in [4.69, 9.17) is 0 Å². The maximum absolute atomic E-state index is 12.1. The van der Waals surface area contributed by atoms with Crippen LogP contribution in [0, 0.1) is 6.92 Å². The molecule has 0 saturated heterocycles. The number of hydrogen-bond donors (Lipinski definition) is 1. The van der Waals surface area contributed by atoms with Gasteiger partial charge in [0.2, 0.25) is 5.78 Å². The fraction of sp³-hybridized carbons (Fsp3) is 0.0769. The molecule has 3 nitrogen and oxygen atoms in total. The fourth-order valence-corrected chi connectivity index (χ4v) is 2.11. The third-order valence-electron chi connectivity index (χ3n) is 2.84. The molecular formula is C13H9NO2. The molecule has 0 unspecified atom stereocenters.